The van der Waals surface area contributed by atoms with Crippen LogP contribution in [0.15, 0.2) is 48.8 Å². The third-order valence-corrected chi connectivity index (χ3v) is 7.00. The second kappa shape index (κ2) is 9.94. The Morgan fingerprint density at radius 3 is 2.71 bits per heavy atom. The topological polar surface area (TPSA) is 84.8 Å². The number of aromatic amines is 1. The van der Waals surface area contributed by atoms with Gasteiger partial charge in [-0.15, -0.1) is 0 Å². The smallest absolute Gasteiger partial charge is 0.274 e. The molecule has 0 bridgehead atoms. The number of anilines is 1. The van der Waals surface area contributed by atoms with Crippen LogP contribution in [0.25, 0.3) is 22.0 Å². The molecule has 1 aliphatic rings. The van der Waals surface area contributed by atoms with E-state index in [0.29, 0.717) is 5.69 Å². The van der Waals surface area contributed by atoms with E-state index in [2.05, 4.69) is 40.5 Å². The Balaban J connectivity index is 1.33. The Morgan fingerprint density at radius 1 is 1.14 bits per heavy atom. The molecule has 35 heavy (non-hydrogen) atoms. The summed E-state index contributed by atoms with van der Waals surface area (Å²) in [4.78, 5) is 13.2. The van der Waals surface area contributed by atoms with Gasteiger partial charge in [0.05, 0.1) is 17.8 Å². The van der Waals surface area contributed by atoms with Crippen LogP contribution >= 0.6 is 0 Å². The number of carbonyl (C=O) groups excluding carboxylic acids is 1. The first-order valence-corrected chi connectivity index (χ1v) is 12.6. The maximum absolute atomic E-state index is 13.2. The van der Waals surface area contributed by atoms with Crippen molar-refractivity contribution >= 4 is 22.5 Å². The number of fused-ring (bicyclic) bond motifs is 1. The van der Waals surface area contributed by atoms with Crippen LogP contribution < -0.4 is 10.1 Å². The van der Waals surface area contributed by atoms with Crippen LogP contribution in [-0.4, -0.2) is 32.0 Å². The van der Waals surface area contributed by atoms with Crippen molar-refractivity contribution in [3.05, 3.63) is 60.0 Å². The van der Waals surface area contributed by atoms with Gasteiger partial charge in [-0.25, -0.2) is 0 Å². The highest BCUT2D eigenvalue weighted by molar-refractivity contribution is 6.12. The first-order valence-electron chi connectivity index (χ1n) is 12.6. The summed E-state index contributed by atoms with van der Waals surface area (Å²) in [5.74, 6) is 1.42. The highest BCUT2D eigenvalue weighted by atomic mass is 16.5. The molecule has 0 saturated heterocycles. The van der Waals surface area contributed by atoms with Crippen molar-refractivity contribution in [3.63, 3.8) is 0 Å². The standard InChI is InChI=1S/C28H33N5O2/c1-4-19-14-20(21-16-29-33(3)17-21)15-25-26(19)31-32-27(25)28(34)30-22-9-12-24(13-10-22)35-23-7-5-6-18(2)8-11-23/h9-10,12-18,23H,4-8,11H2,1-3H3,(H,30,34)(H,31,32). The average molecular weight is 472 g/mol. The maximum atomic E-state index is 13.2. The lowest BCUT2D eigenvalue weighted by Gasteiger charge is -2.17. The zero-order valence-corrected chi connectivity index (χ0v) is 20.7. The highest BCUT2D eigenvalue weighted by Gasteiger charge is 2.19. The molecule has 2 N–H and O–H groups in total. The van der Waals surface area contributed by atoms with Crippen molar-refractivity contribution in [3.8, 4) is 16.9 Å². The molecule has 5 rings (SSSR count). The number of H-pyrrole nitrogens is 1. The van der Waals surface area contributed by atoms with Crippen molar-refractivity contribution in [2.75, 3.05) is 5.32 Å². The summed E-state index contributed by atoms with van der Waals surface area (Å²) in [5.41, 5.74) is 5.12. The summed E-state index contributed by atoms with van der Waals surface area (Å²) in [6, 6.07) is 11.8. The Morgan fingerprint density at radius 2 is 1.97 bits per heavy atom. The fourth-order valence-corrected chi connectivity index (χ4v) is 4.94. The molecule has 7 nitrogen and oxygen atoms in total. The summed E-state index contributed by atoms with van der Waals surface area (Å²) in [5, 5.41) is 15.5. The molecule has 2 heterocycles. The van der Waals surface area contributed by atoms with Gasteiger partial charge in [-0.05, 0) is 85.5 Å². The van der Waals surface area contributed by atoms with E-state index in [0.717, 1.165) is 64.2 Å². The number of carbonyl (C=O) groups is 1. The van der Waals surface area contributed by atoms with Gasteiger partial charge in [0.15, 0.2) is 0 Å². The largest absolute Gasteiger partial charge is 0.490 e. The van der Waals surface area contributed by atoms with E-state index in [4.69, 9.17) is 4.74 Å². The molecule has 1 amide bonds. The number of nitrogens with zero attached hydrogens (tertiary/aromatic N) is 3. The number of amides is 1. The van der Waals surface area contributed by atoms with Crippen LogP contribution in [0.3, 0.4) is 0 Å². The molecule has 2 aromatic heterocycles. The summed E-state index contributed by atoms with van der Waals surface area (Å²) < 4.78 is 8.00. The summed E-state index contributed by atoms with van der Waals surface area (Å²) >= 11 is 0. The molecule has 0 aliphatic heterocycles. The Kier molecular flexibility index (Phi) is 6.57. The van der Waals surface area contributed by atoms with Crippen LogP contribution in [0.5, 0.6) is 5.75 Å². The Hall–Kier alpha value is -3.61. The molecule has 7 heteroatoms. The van der Waals surface area contributed by atoms with E-state index in [9.17, 15) is 4.79 Å². The highest BCUT2D eigenvalue weighted by Crippen LogP contribution is 2.30. The van der Waals surface area contributed by atoms with E-state index < -0.39 is 0 Å². The molecule has 1 fully saturated rings. The fraction of sp³-hybridized carbons (Fsp3) is 0.393. The van der Waals surface area contributed by atoms with Gasteiger partial charge in [0.2, 0.25) is 0 Å². The lowest BCUT2D eigenvalue weighted by atomic mass is 10.00. The third kappa shape index (κ3) is 5.09. The van der Waals surface area contributed by atoms with Crippen LogP contribution in [0, 0.1) is 5.92 Å². The molecule has 182 valence electrons. The molecular formula is C28H33N5O2. The van der Waals surface area contributed by atoms with Gasteiger partial charge >= 0.3 is 0 Å². The normalized spacial score (nSPS) is 18.4. The number of benzene rings is 2. The molecule has 0 radical (unpaired) electrons. The number of nitrogens with one attached hydrogen (secondary N) is 2. The number of hydrogen-bond donors (Lipinski definition) is 2. The van der Waals surface area contributed by atoms with Gasteiger partial charge in [0, 0.05) is 29.9 Å². The molecule has 2 aromatic carbocycles. The summed E-state index contributed by atoms with van der Waals surface area (Å²) in [6.07, 6.45) is 10.8. The first-order chi connectivity index (χ1) is 17.0. The minimum Gasteiger partial charge on any atom is -0.490 e. The van der Waals surface area contributed by atoms with Crippen LogP contribution in [0.4, 0.5) is 5.69 Å². The van der Waals surface area contributed by atoms with E-state index >= 15 is 0 Å². The monoisotopic (exact) mass is 471 g/mol. The fourth-order valence-electron chi connectivity index (χ4n) is 4.94. The van der Waals surface area contributed by atoms with E-state index in [1.165, 1.54) is 19.3 Å². The van der Waals surface area contributed by atoms with E-state index in [-0.39, 0.29) is 12.0 Å². The molecule has 1 aliphatic carbocycles. The Bertz CT molecular complexity index is 1320. The van der Waals surface area contributed by atoms with Crippen molar-refractivity contribution in [2.24, 2.45) is 13.0 Å². The lowest BCUT2D eigenvalue weighted by molar-refractivity contribution is 0.102. The number of hydrogen-bond acceptors (Lipinski definition) is 4. The lowest BCUT2D eigenvalue weighted by Crippen LogP contribution is -2.15. The third-order valence-electron chi connectivity index (χ3n) is 7.00. The summed E-state index contributed by atoms with van der Waals surface area (Å²) in [6.45, 7) is 4.42. The zero-order chi connectivity index (χ0) is 24.4. The second-order valence-electron chi connectivity index (χ2n) is 9.72. The SMILES string of the molecule is CCc1cc(-c2cnn(C)c2)cc2c(C(=O)Nc3ccc(OC4CCCC(C)CC4)cc3)[nH]nc12. The average Bonchev–Trinajstić information content (AvgIpc) is 3.43. The molecule has 2 unspecified atom stereocenters. The zero-order valence-electron chi connectivity index (χ0n) is 20.7. The predicted octanol–water partition coefficient (Wildman–Crippen LogP) is 6.13. The number of aryl methyl sites for hydroxylation is 2. The van der Waals surface area contributed by atoms with Gasteiger partial charge in [0.25, 0.3) is 5.91 Å². The predicted molar refractivity (Wildman–Crippen MR) is 139 cm³/mol. The molecule has 2 atom stereocenters. The van der Waals surface area contributed by atoms with Crippen LogP contribution in [0.2, 0.25) is 0 Å². The quantitative estimate of drug-likeness (QED) is 0.332. The van der Waals surface area contributed by atoms with Gasteiger partial charge in [-0.3, -0.25) is 14.6 Å². The molecule has 4 aromatic rings. The minimum atomic E-state index is -0.218. The van der Waals surface area contributed by atoms with E-state index in [1.807, 2.05) is 49.8 Å². The van der Waals surface area contributed by atoms with Gasteiger partial charge < -0.3 is 10.1 Å². The van der Waals surface area contributed by atoms with Crippen molar-refractivity contribution in [1.29, 1.82) is 0 Å². The Labute approximate surface area is 205 Å². The summed E-state index contributed by atoms with van der Waals surface area (Å²) in [7, 11) is 1.90. The van der Waals surface area contributed by atoms with Gasteiger partial charge in [-0.2, -0.15) is 10.2 Å². The van der Waals surface area contributed by atoms with Crippen molar-refractivity contribution in [1.82, 2.24) is 20.0 Å². The van der Waals surface area contributed by atoms with Gasteiger partial charge in [0.1, 0.15) is 11.4 Å². The molecule has 0 spiro atoms. The van der Waals surface area contributed by atoms with Crippen molar-refractivity contribution in [2.45, 2.75) is 58.5 Å². The number of ether oxygens (including phenoxy) is 1. The van der Waals surface area contributed by atoms with Crippen LogP contribution in [-0.2, 0) is 13.5 Å². The number of aromatic nitrogens is 4. The maximum Gasteiger partial charge on any atom is 0.274 e. The van der Waals surface area contributed by atoms with Crippen LogP contribution in [0.1, 0.15) is 62.0 Å². The molecule has 1 saturated carbocycles. The molecular weight excluding hydrogens is 438 g/mol. The van der Waals surface area contributed by atoms with Gasteiger partial charge in [-0.1, -0.05) is 20.3 Å². The number of rotatable bonds is 6. The second-order valence-corrected chi connectivity index (χ2v) is 9.72. The van der Waals surface area contributed by atoms with Crippen molar-refractivity contribution < 1.29 is 9.53 Å². The van der Waals surface area contributed by atoms with E-state index in [1.54, 1.807) is 4.68 Å². The first kappa shape index (κ1) is 23.1. The minimum absolute atomic E-state index is 0.218.